The summed E-state index contributed by atoms with van der Waals surface area (Å²) in [4.78, 5) is 101. The van der Waals surface area contributed by atoms with E-state index in [1.165, 1.54) is 12.5 Å². The molecule has 2 amide bonds. The molecule has 0 saturated heterocycles. The number of hydrogen-bond donors (Lipinski definition) is 10. The van der Waals surface area contributed by atoms with Gasteiger partial charge < -0.3 is 55.5 Å². The summed E-state index contributed by atoms with van der Waals surface area (Å²) in [6, 6.07) is -2.46. The minimum Gasteiger partial charge on any atom is -0.505 e. The number of ether oxygens (including phenoxy) is 2. The standard InChI is InChI=1S/C24H35N6O16P/c25-6-2-1-3-13(22(36)30-14(23(37)38)7-12-8-26-11-27-12)29-16(32)9-28-45-18(34)5-4-17(33)43-10-15(31)20-19(35)21(24(39)44-20)46-47(40,41)42/h8,11,13-15,20,28,31,35H,1-7,9-10,25H2,(H,26,27)(H,29,32)(H,30,36)(H,37,38)(H2,40,41,42). The number of nitrogens with two attached hydrogens (primary N) is 1. The summed E-state index contributed by atoms with van der Waals surface area (Å²) < 4.78 is 24.2. The monoisotopic (exact) mass is 694 g/mol. The Morgan fingerprint density at radius 2 is 1.81 bits per heavy atom. The molecule has 22 nitrogen and oxygen atoms in total. The quantitative estimate of drug-likeness (QED) is 0.0198. The van der Waals surface area contributed by atoms with Crippen molar-refractivity contribution in [3.63, 3.8) is 0 Å². The number of carboxylic acid groups (broad SMARTS) is 1. The SMILES string of the molecule is NCCCCC(NC(=O)CNOC(=O)CCC(=O)OCC(O)C1OC(=O)C(OP(=O)(O)O)=C1O)C(=O)NC(Cc1cnc[nH]1)C(=O)O. The number of nitrogens with zero attached hydrogens (tertiary/aromatic N) is 1. The second-order valence-electron chi connectivity index (χ2n) is 9.75. The van der Waals surface area contributed by atoms with E-state index < -0.39 is 105 Å². The average Bonchev–Trinajstić information content (AvgIpc) is 3.60. The van der Waals surface area contributed by atoms with E-state index in [1.54, 1.807) is 0 Å². The van der Waals surface area contributed by atoms with Gasteiger partial charge in [-0.05, 0) is 25.8 Å². The number of aromatic amines is 1. The number of aliphatic hydroxyl groups excluding tert-OH is 2. The lowest BCUT2D eigenvalue weighted by Gasteiger charge is -2.21. The largest absolute Gasteiger partial charge is 0.525 e. The van der Waals surface area contributed by atoms with Gasteiger partial charge in [0, 0.05) is 18.3 Å². The van der Waals surface area contributed by atoms with Crippen molar-refractivity contribution >= 4 is 43.5 Å². The number of nitrogens with one attached hydrogen (secondary N) is 4. The number of imidazole rings is 1. The Morgan fingerprint density at radius 1 is 1.11 bits per heavy atom. The third-order valence-corrected chi connectivity index (χ3v) is 6.46. The van der Waals surface area contributed by atoms with Gasteiger partial charge in [0.25, 0.3) is 5.76 Å². The number of hydrogen-bond acceptors (Lipinski definition) is 16. The summed E-state index contributed by atoms with van der Waals surface area (Å²) >= 11 is 0. The van der Waals surface area contributed by atoms with Crippen molar-refractivity contribution in [2.45, 2.75) is 62.8 Å². The van der Waals surface area contributed by atoms with Crippen LogP contribution in [0.2, 0.25) is 0 Å². The molecule has 0 aliphatic carbocycles. The summed E-state index contributed by atoms with van der Waals surface area (Å²) in [7, 11) is -5.24. The lowest BCUT2D eigenvalue weighted by Crippen LogP contribution is -2.53. The Morgan fingerprint density at radius 3 is 2.43 bits per heavy atom. The maximum Gasteiger partial charge on any atom is 0.525 e. The van der Waals surface area contributed by atoms with Crippen LogP contribution in [0.5, 0.6) is 0 Å². The van der Waals surface area contributed by atoms with Gasteiger partial charge in [0.1, 0.15) is 31.3 Å². The zero-order chi connectivity index (χ0) is 35.1. The van der Waals surface area contributed by atoms with E-state index in [0.717, 1.165) is 0 Å². The Bertz CT molecular complexity index is 1350. The van der Waals surface area contributed by atoms with Gasteiger partial charge in [-0.3, -0.25) is 29.0 Å². The number of phosphoric ester groups is 1. The number of aliphatic carboxylic acids is 1. The third-order valence-electron chi connectivity index (χ3n) is 6.04. The van der Waals surface area contributed by atoms with Crippen LogP contribution < -0.4 is 21.8 Å². The van der Waals surface area contributed by atoms with Gasteiger partial charge in [-0.25, -0.2) is 19.1 Å². The normalized spacial score (nSPS) is 16.4. The number of aromatic nitrogens is 2. The number of amides is 2. The number of carbonyl (C=O) groups is 6. The fourth-order valence-corrected chi connectivity index (χ4v) is 4.20. The van der Waals surface area contributed by atoms with E-state index in [4.69, 9.17) is 20.3 Å². The molecular formula is C24H35N6O16P. The van der Waals surface area contributed by atoms with Crippen LogP contribution in [0, 0.1) is 0 Å². The van der Waals surface area contributed by atoms with Gasteiger partial charge >= 0.3 is 31.7 Å². The number of carbonyl (C=O) groups excluding carboxylic acids is 5. The number of aliphatic hydroxyl groups is 2. The molecule has 262 valence electrons. The number of carboxylic acids is 1. The zero-order valence-corrected chi connectivity index (χ0v) is 25.4. The van der Waals surface area contributed by atoms with Gasteiger partial charge in [0.05, 0.1) is 19.2 Å². The van der Waals surface area contributed by atoms with Crippen molar-refractivity contribution in [1.82, 2.24) is 26.1 Å². The Hall–Kier alpha value is -4.60. The molecule has 23 heteroatoms. The number of rotatable bonds is 21. The van der Waals surface area contributed by atoms with Crippen LogP contribution >= 0.6 is 7.82 Å². The van der Waals surface area contributed by atoms with Crippen molar-refractivity contribution < 1.29 is 77.3 Å². The van der Waals surface area contributed by atoms with Crippen LogP contribution in [0.25, 0.3) is 0 Å². The highest BCUT2D eigenvalue weighted by molar-refractivity contribution is 7.46. The van der Waals surface area contributed by atoms with Gasteiger partial charge in [0.15, 0.2) is 11.9 Å². The first kappa shape index (κ1) is 38.6. The summed E-state index contributed by atoms with van der Waals surface area (Å²) in [6.07, 6.45) is -1.14. The first-order valence-corrected chi connectivity index (χ1v) is 15.3. The fourth-order valence-electron chi connectivity index (χ4n) is 3.79. The molecule has 2 heterocycles. The van der Waals surface area contributed by atoms with E-state index in [1.807, 2.05) is 0 Å². The van der Waals surface area contributed by atoms with Crippen LogP contribution in [-0.4, -0.2) is 115 Å². The van der Waals surface area contributed by atoms with Crippen molar-refractivity contribution in [2.75, 3.05) is 19.7 Å². The van der Waals surface area contributed by atoms with E-state index in [2.05, 4.69) is 40.2 Å². The van der Waals surface area contributed by atoms with Crippen molar-refractivity contribution in [3.05, 3.63) is 29.7 Å². The smallest absolute Gasteiger partial charge is 0.505 e. The molecule has 2 rings (SSSR count). The van der Waals surface area contributed by atoms with Crippen LogP contribution in [0.15, 0.2) is 24.0 Å². The first-order valence-electron chi connectivity index (χ1n) is 13.8. The zero-order valence-electron chi connectivity index (χ0n) is 24.5. The highest BCUT2D eigenvalue weighted by Crippen LogP contribution is 2.42. The molecule has 0 aromatic carbocycles. The molecule has 4 unspecified atom stereocenters. The highest BCUT2D eigenvalue weighted by atomic mass is 31.2. The third kappa shape index (κ3) is 13.7. The van der Waals surface area contributed by atoms with Crippen molar-refractivity contribution in [1.29, 1.82) is 0 Å². The molecule has 11 N–H and O–H groups in total. The topological polar surface area (TPSA) is 348 Å². The molecule has 1 aliphatic heterocycles. The lowest BCUT2D eigenvalue weighted by atomic mass is 10.1. The lowest BCUT2D eigenvalue weighted by molar-refractivity contribution is -0.159. The molecule has 0 saturated carbocycles. The van der Waals surface area contributed by atoms with Crippen LogP contribution in [0.1, 0.15) is 37.8 Å². The molecule has 0 bridgehead atoms. The highest BCUT2D eigenvalue weighted by Gasteiger charge is 2.43. The average molecular weight is 695 g/mol. The molecule has 0 radical (unpaired) electrons. The van der Waals surface area contributed by atoms with Crippen molar-refractivity contribution in [3.8, 4) is 0 Å². The van der Waals surface area contributed by atoms with E-state index >= 15 is 0 Å². The molecule has 1 aromatic rings. The summed E-state index contributed by atoms with van der Waals surface area (Å²) in [5.74, 6) is -8.78. The van der Waals surface area contributed by atoms with Gasteiger partial charge in [0.2, 0.25) is 11.8 Å². The minimum absolute atomic E-state index is 0.0921. The van der Waals surface area contributed by atoms with Gasteiger partial charge in [-0.1, -0.05) is 0 Å². The van der Waals surface area contributed by atoms with E-state index in [9.17, 15) is 48.7 Å². The number of H-pyrrole nitrogens is 1. The Kier molecular flexibility index (Phi) is 15.2. The van der Waals surface area contributed by atoms with Crippen LogP contribution in [0.4, 0.5) is 0 Å². The van der Waals surface area contributed by atoms with Gasteiger partial charge in [-0.15, -0.1) is 5.48 Å². The number of esters is 2. The molecule has 47 heavy (non-hydrogen) atoms. The maximum atomic E-state index is 12.8. The molecule has 0 fully saturated rings. The van der Waals surface area contributed by atoms with E-state index in [0.29, 0.717) is 25.1 Å². The number of cyclic esters (lactones) is 1. The number of hydroxylamine groups is 1. The van der Waals surface area contributed by atoms with Crippen molar-refractivity contribution in [2.24, 2.45) is 5.73 Å². The van der Waals surface area contributed by atoms with Crippen LogP contribution in [0.3, 0.4) is 0 Å². The maximum absolute atomic E-state index is 12.8. The molecular weight excluding hydrogens is 659 g/mol. The Balaban J connectivity index is 1.76. The summed E-state index contributed by atoms with van der Waals surface area (Å²) in [6.45, 7) is -1.17. The predicted molar refractivity (Wildman–Crippen MR) is 150 cm³/mol. The molecule has 1 aliphatic rings. The number of phosphoric acid groups is 1. The minimum atomic E-state index is -5.24. The summed E-state index contributed by atoms with van der Waals surface area (Å²) in [5, 5.41) is 34.2. The second kappa shape index (κ2) is 18.5. The second-order valence-corrected chi connectivity index (χ2v) is 10.9. The predicted octanol–water partition coefficient (Wildman–Crippen LogP) is -3.33. The molecule has 1 aromatic heterocycles. The Labute approximate surface area is 265 Å². The molecule has 0 spiro atoms. The number of unbranched alkanes of at least 4 members (excludes halogenated alkanes) is 1. The van der Waals surface area contributed by atoms with E-state index in [-0.39, 0.29) is 12.8 Å². The van der Waals surface area contributed by atoms with Crippen LogP contribution in [-0.2, 0) is 58.6 Å². The summed E-state index contributed by atoms with van der Waals surface area (Å²) in [5.41, 5.74) is 8.01. The van der Waals surface area contributed by atoms with Gasteiger partial charge in [-0.2, -0.15) is 0 Å². The fraction of sp³-hybridized carbons (Fsp3) is 0.542. The first-order chi connectivity index (χ1) is 22.1. The molecule has 4 atom stereocenters.